The molecule has 12 heteroatoms. The van der Waals surface area contributed by atoms with Crippen LogP contribution in [-0.4, -0.2) is 56.7 Å². The van der Waals surface area contributed by atoms with Crippen molar-refractivity contribution < 1.29 is 8.42 Å². The zero-order chi connectivity index (χ0) is 27.5. The molecule has 0 aliphatic carbocycles. The van der Waals surface area contributed by atoms with Crippen molar-refractivity contribution in [3.63, 3.8) is 0 Å². The van der Waals surface area contributed by atoms with E-state index in [0.717, 1.165) is 38.2 Å². The summed E-state index contributed by atoms with van der Waals surface area (Å²) in [7, 11) is -3.00. The second-order valence-corrected chi connectivity index (χ2v) is 12.6. The number of hydrogen-bond donors (Lipinski definition) is 2. The second-order valence-electron chi connectivity index (χ2n) is 9.43. The number of rotatable bonds is 10. The SMILES string of the molecule is CS(=O)(=O)CCNCc1nc(-c2cc3c(Nc4ccc5c(cnn5Cc5ccccc5)c4)ncnc3cn2)cs1. The van der Waals surface area contributed by atoms with Gasteiger partial charge in [-0.2, -0.15) is 5.10 Å². The fraction of sp³-hybridized carbons (Fsp3) is 0.179. The van der Waals surface area contributed by atoms with E-state index >= 15 is 0 Å². The van der Waals surface area contributed by atoms with Crippen LogP contribution in [0, 0.1) is 0 Å². The van der Waals surface area contributed by atoms with Gasteiger partial charge in [0.05, 0.1) is 47.1 Å². The lowest BCUT2D eigenvalue weighted by atomic mass is 10.2. The number of fused-ring (bicyclic) bond motifs is 2. The first-order chi connectivity index (χ1) is 19.4. The smallest absolute Gasteiger partial charge is 0.148 e. The molecule has 6 rings (SSSR count). The van der Waals surface area contributed by atoms with Crippen LogP contribution in [0.15, 0.2) is 78.7 Å². The van der Waals surface area contributed by atoms with Crippen LogP contribution in [0.1, 0.15) is 10.6 Å². The van der Waals surface area contributed by atoms with Gasteiger partial charge in [-0.1, -0.05) is 30.3 Å². The van der Waals surface area contributed by atoms with Crippen LogP contribution in [0.25, 0.3) is 33.2 Å². The summed E-state index contributed by atoms with van der Waals surface area (Å²) < 4.78 is 24.6. The first kappa shape index (κ1) is 26.0. The van der Waals surface area contributed by atoms with Crippen molar-refractivity contribution in [2.24, 2.45) is 0 Å². The standard InChI is InChI=1S/C28H26N8O2S2/c1-40(37,38)10-9-29-15-27-35-25(17-39-27)23-12-22-24(14-30-23)31-18-32-28(22)34-21-7-8-26-20(11-21)13-33-36(26)16-19-5-3-2-4-6-19/h2-8,11-14,17-18,29H,9-10,15-16H2,1H3,(H,31,32,34). The Morgan fingerprint density at radius 3 is 2.70 bits per heavy atom. The Labute approximate surface area is 235 Å². The van der Waals surface area contributed by atoms with Crippen molar-refractivity contribution in [1.29, 1.82) is 0 Å². The van der Waals surface area contributed by atoms with Crippen LogP contribution in [0.4, 0.5) is 11.5 Å². The highest BCUT2D eigenvalue weighted by Crippen LogP contribution is 2.29. The van der Waals surface area contributed by atoms with Gasteiger partial charge in [0.2, 0.25) is 0 Å². The van der Waals surface area contributed by atoms with Gasteiger partial charge in [-0.05, 0) is 29.8 Å². The Kier molecular flexibility index (Phi) is 7.20. The van der Waals surface area contributed by atoms with E-state index in [-0.39, 0.29) is 5.75 Å². The normalized spacial score (nSPS) is 11.8. The van der Waals surface area contributed by atoms with E-state index in [0.29, 0.717) is 31.1 Å². The summed E-state index contributed by atoms with van der Waals surface area (Å²) in [5.41, 5.74) is 5.31. The van der Waals surface area contributed by atoms with Gasteiger partial charge in [0, 0.05) is 41.2 Å². The summed E-state index contributed by atoms with van der Waals surface area (Å²) >= 11 is 1.50. The predicted molar refractivity (Wildman–Crippen MR) is 158 cm³/mol. The lowest BCUT2D eigenvalue weighted by molar-refractivity contribution is 0.596. The highest BCUT2D eigenvalue weighted by Gasteiger charge is 2.12. The predicted octanol–water partition coefficient (Wildman–Crippen LogP) is 4.42. The van der Waals surface area contributed by atoms with E-state index in [4.69, 9.17) is 0 Å². The Morgan fingerprint density at radius 1 is 0.975 bits per heavy atom. The summed E-state index contributed by atoms with van der Waals surface area (Å²) in [6.07, 6.45) is 6.34. The van der Waals surface area contributed by atoms with E-state index in [2.05, 4.69) is 59.9 Å². The molecular formula is C28H26N8O2S2. The molecule has 0 saturated heterocycles. The average molecular weight is 571 g/mol. The first-order valence-corrected chi connectivity index (χ1v) is 15.6. The molecule has 202 valence electrons. The number of sulfone groups is 1. The third kappa shape index (κ3) is 5.98. The van der Waals surface area contributed by atoms with Crippen molar-refractivity contribution in [1.82, 2.24) is 35.0 Å². The quantitative estimate of drug-likeness (QED) is 0.230. The van der Waals surface area contributed by atoms with E-state index < -0.39 is 9.84 Å². The monoisotopic (exact) mass is 570 g/mol. The molecule has 0 radical (unpaired) electrons. The van der Waals surface area contributed by atoms with Crippen LogP contribution >= 0.6 is 11.3 Å². The van der Waals surface area contributed by atoms with E-state index in [9.17, 15) is 8.42 Å². The van der Waals surface area contributed by atoms with Gasteiger partial charge in [-0.3, -0.25) is 9.67 Å². The fourth-order valence-electron chi connectivity index (χ4n) is 4.35. The highest BCUT2D eigenvalue weighted by atomic mass is 32.2. The average Bonchev–Trinajstić information content (AvgIpc) is 3.58. The first-order valence-electron chi connectivity index (χ1n) is 12.6. The maximum absolute atomic E-state index is 11.3. The molecule has 0 bridgehead atoms. The number of aromatic nitrogens is 6. The van der Waals surface area contributed by atoms with Gasteiger partial charge in [-0.15, -0.1) is 11.3 Å². The minimum Gasteiger partial charge on any atom is -0.340 e. The lowest BCUT2D eigenvalue weighted by Gasteiger charge is -2.10. The summed E-state index contributed by atoms with van der Waals surface area (Å²) in [4.78, 5) is 18.1. The topological polar surface area (TPSA) is 128 Å². The van der Waals surface area contributed by atoms with Gasteiger partial charge in [0.15, 0.2) is 0 Å². The Morgan fingerprint density at radius 2 is 1.85 bits per heavy atom. The van der Waals surface area contributed by atoms with Crippen molar-refractivity contribution in [3.8, 4) is 11.4 Å². The molecule has 0 spiro atoms. The van der Waals surface area contributed by atoms with Gasteiger partial charge in [-0.25, -0.2) is 23.4 Å². The van der Waals surface area contributed by atoms with Crippen molar-refractivity contribution in [3.05, 3.63) is 89.3 Å². The fourth-order valence-corrected chi connectivity index (χ4v) is 5.62. The molecule has 0 atom stereocenters. The molecule has 0 aliphatic heterocycles. The summed E-state index contributed by atoms with van der Waals surface area (Å²) in [6, 6.07) is 18.3. The number of thiazole rings is 1. The molecule has 0 aliphatic rings. The van der Waals surface area contributed by atoms with Crippen molar-refractivity contribution in [2.45, 2.75) is 13.1 Å². The molecule has 4 aromatic heterocycles. The molecule has 10 nitrogen and oxygen atoms in total. The van der Waals surface area contributed by atoms with E-state index in [1.807, 2.05) is 46.6 Å². The molecule has 2 aromatic carbocycles. The molecule has 0 saturated carbocycles. The molecule has 0 amide bonds. The van der Waals surface area contributed by atoms with Crippen LogP contribution < -0.4 is 10.6 Å². The maximum atomic E-state index is 11.3. The Bertz CT molecular complexity index is 1900. The van der Waals surface area contributed by atoms with Crippen LogP contribution in [0.5, 0.6) is 0 Å². The maximum Gasteiger partial charge on any atom is 0.148 e. The number of pyridine rings is 1. The zero-order valence-corrected chi connectivity index (χ0v) is 23.3. The summed E-state index contributed by atoms with van der Waals surface area (Å²) in [5, 5.41) is 15.8. The molecule has 0 fully saturated rings. The number of benzene rings is 2. The largest absolute Gasteiger partial charge is 0.340 e. The number of hydrogen-bond acceptors (Lipinski definition) is 10. The second kappa shape index (κ2) is 11.1. The minimum absolute atomic E-state index is 0.0935. The van der Waals surface area contributed by atoms with Crippen LogP contribution in [0.2, 0.25) is 0 Å². The van der Waals surface area contributed by atoms with Crippen LogP contribution in [-0.2, 0) is 22.9 Å². The van der Waals surface area contributed by atoms with E-state index in [1.54, 1.807) is 6.20 Å². The third-order valence-electron chi connectivity index (χ3n) is 6.34. The number of anilines is 2. The lowest BCUT2D eigenvalue weighted by Crippen LogP contribution is -2.21. The van der Waals surface area contributed by atoms with E-state index in [1.165, 1.54) is 29.5 Å². The van der Waals surface area contributed by atoms with Crippen molar-refractivity contribution >= 4 is 54.5 Å². The Balaban J connectivity index is 1.21. The Hall–Kier alpha value is -4.26. The molecule has 40 heavy (non-hydrogen) atoms. The van der Waals surface area contributed by atoms with Gasteiger partial charge < -0.3 is 10.6 Å². The van der Waals surface area contributed by atoms with Gasteiger partial charge in [0.1, 0.15) is 27.0 Å². The number of nitrogens with zero attached hydrogens (tertiary/aromatic N) is 6. The van der Waals surface area contributed by atoms with Gasteiger partial charge >= 0.3 is 0 Å². The molecular weight excluding hydrogens is 544 g/mol. The summed E-state index contributed by atoms with van der Waals surface area (Å²) in [6.45, 7) is 1.58. The van der Waals surface area contributed by atoms with Gasteiger partial charge in [0.25, 0.3) is 0 Å². The zero-order valence-electron chi connectivity index (χ0n) is 21.7. The molecule has 4 heterocycles. The molecule has 0 unspecified atom stereocenters. The summed E-state index contributed by atoms with van der Waals surface area (Å²) in [5.74, 6) is 0.763. The highest BCUT2D eigenvalue weighted by molar-refractivity contribution is 7.90. The minimum atomic E-state index is -3.00. The molecule has 2 N–H and O–H groups in total. The van der Waals surface area contributed by atoms with Crippen molar-refractivity contribution in [2.75, 3.05) is 23.9 Å². The third-order valence-corrected chi connectivity index (χ3v) is 8.14. The molecule has 6 aromatic rings. The van der Waals surface area contributed by atoms with Crippen LogP contribution in [0.3, 0.4) is 0 Å². The number of nitrogens with one attached hydrogen (secondary N) is 2.